The molecule has 0 spiro atoms. The van der Waals surface area contributed by atoms with Crippen molar-refractivity contribution >= 4 is 22.1 Å². The number of hydrogen-bond acceptors (Lipinski definition) is 5. The molecule has 0 aliphatic heterocycles. The van der Waals surface area contributed by atoms with Gasteiger partial charge in [0.15, 0.2) is 0 Å². The first kappa shape index (κ1) is 13.3. The number of aryl methyl sites for hydroxylation is 1. The zero-order valence-corrected chi connectivity index (χ0v) is 10.3. The van der Waals surface area contributed by atoms with E-state index in [1.807, 2.05) is 6.92 Å². The van der Waals surface area contributed by atoms with Crippen LogP contribution < -0.4 is 9.44 Å². The molecule has 17 heavy (non-hydrogen) atoms. The number of aromatic nitrogens is 2. The lowest BCUT2D eigenvalue weighted by molar-refractivity contribution is 0.159. The third-order valence-electron chi connectivity index (χ3n) is 1.83. The zero-order valence-electron chi connectivity index (χ0n) is 9.48. The summed E-state index contributed by atoms with van der Waals surface area (Å²) in [5.74, 6) is 0.226. The lowest BCUT2D eigenvalue weighted by Crippen LogP contribution is -2.36. The van der Waals surface area contributed by atoms with E-state index in [1.54, 1.807) is 11.6 Å². The molecule has 3 N–H and O–H groups in total. The van der Waals surface area contributed by atoms with E-state index < -0.39 is 16.3 Å². The van der Waals surface area contributed by atoms with Gasteiger partial charge in [-0.3, -0.25) is 9.82 Å². The first-order valence-electron chi connectivity index (χ1n) is 4.98. The number of aromatic amines is 1. The number of amides is 1. The van der Waals surface area contributed by atoms with Crippen LogP contribution in [-0.2, 0) is 21.4 Å². The van der Waals surface area contributed by atoms with E-state index in [4.69, 9.17) is 0 Å². The van der Waals surface area contributed by atoms with Crippen LogP contribution in [0.15, 0.2) is 6.20 Å². The number of ether oxygens (including phenoxy) is 1. The van der Waals surface area contributed by atoms with Crippen molar-refractivity contribution in [3.05, 3.63) is 11.8 Å². The third kappa shape index (κ3) is 3.94. The van der Waals surface area contributed by atoms with Crippen molar-refractivity contribution in [2.45, 2.75) is 20.3 Å². The Hall–Kier alpha value is -1.77. The van der Waals surface area contributed by atoms with Gasteiger partial charge in [0.05, 0.1) is 12.8 Å². The number of carbonyl (C=O) groups excluding carboxylic acids is 1. The summed E-state index contributed by atoms with van der Waals surface area (Å²) in [5, 5.41) is 6.18. The largest absolute Gasteiger partial charge is 0.449 e. The molecule has 1 amide bonds. The summed E-state index contributed by atoms with van der Waals surface area (Å²) in [4.78, 5) is 11.0. The molecule has 0 bridgehead atoms. The summed E-state index contributed by atoms with van der Waals surface area (Å²) in [6.45, 7) is 3.51. The number of H-pyrrole nitrogens is 1. The maximum absolute atomic E-state index is 11.5. The molecule has 0 aromatic carbocycles. The minimum atomic E-state index is -4.00. The fourth-order valence-corrected chi connectivity index (χ4v) is 1.87. The Labute approximate surface area is 98.9 Å². The standard InChI is InChI=1S/C8H14N4O4S/c1-3-6-5-9-10-7(6)11-17(14,15)12-8(13)16-4-2/h5H,3-4H2,1-2H3,(H,12,13)(H2,9,10,11). The topological polar surface area (TPSA) is 113 Å². The second-order valence-corrected chi connectivity index (χ2v) is 4.47. The Morgan fingerprint density at radius 3 is 2.82 bits per heavy atom. The highest BCUT2D eigenvalue weighted by atomic mass is 32.2. The number of carbonyl (C=O) groups is 1. The van der Waals surface area contributed by atoms with Crippen LogP contribution in [0.2, 0.25) is 0 Å². The van der Waals surface area contributed by atoms with Gasteiger partial charge in [0, 0.05) is 5.56 Å². The van der Waals surface area contributed by atoms with Gasteiger partial charge in [-0.2, -0.15) is 13.5 Å². The minimum absolute atomic E-state index is 0.0889. The molecule has 1 aromatic rings. The van der Waals surface area contributed by atoms with Gasteiger partial charge in [0.25, 0.3) is 0 Å². The molecule has 0 atom stereocenters. The summed E-state index contributed by atoms with van der Waals surface area (Å²) < 4.78 is 31.3. The third-order valence-corrected chi connectivity index (χ3v) is 2.74. The molecule has 1 rings (SSSR count). The molecule has 1 aromatic heterocycles. The van der Waals surface area contributed by atoms with Gasteiger partial charge in [0.2, 0.25) is 0 Å². The lowest BCUT2D eigenvalue weighted by atomic mass is 10.3. The van der Waals surface area contributed by atoms with Crippen molar-refractivity contribution in [2.24, 2.45) is 0 Å². The Morgan fingerprint density at radius 1 is 1.53 bits per heavy atom. The minimum Gasteiger partial charge on any atom is -0.449 e. The van der Waals surface area contributed by atoms with Crippen LogP contribution in [0.3, 0.4) is 0 Å². The van der Waals surface area contributed by atoms with Gasteiger partial charge in [-0.25, -0.2) is 9.52 Å². The maximum atomic E-state index is 11.5. The fraction of sp³-hybridized carbons (Fsp3) is 0.500. The van der Waals surface area contributed by atoms with E-state index in [0.717, 1.165) is 0 Å². The second kappa shape index (κ2) is 5.53. The number of nitrogens with zero attached hydrogens (tertiary/aromatic N) is 1. The summed E-state index contributed by atoms with van der Waals surface area (Å²) in [6.07, 6.45) is 1.08. The van der Waals surface area contributed by atoms with Crippen molar-refractivity contribution in [3.8, 4) is 0 Å². The molecular weight excluding hydrogens is 248 g/mol. The molecule has 9 heteroatoms. The first-order valence-corrected chi connectivity index (χ1v) is 6.46. The Bertz CT molecular complexity index is 481. The predicted molar refractivity (Wildman–Crippen MR) is 60.7 cm³/mol. The maximum Gasteiger partial charge on any atom is 0.422 e. The normalized spacial score (nSPS) is 10.9. The molecule has 0 aliphatic rings. The summed E-state index contributed by atoms with van der Waals surface area (Å²) >= 11 is 0. The number of nitrogens with one attached hydrogen (secondary N) is 3. The van der Waals surface area contributed by atoms with Crippen LogP contribution in [0.5, 0.6) is 0 Å². The summed E-state index contributed by atoms with van der Waals surface area (Å²) in [5.41, 5.74) is 0.694. The average molecular weight is 262 g/mol. The highest BCUT2D eigenvalue weighted by Crippen LogP contribution is 2.12. The fourth-order valence-electron chi connectivity index (χ4n) is 1.10. The van der Waals surface area contributed by atoms with Crippen molar-refractivity contribution in [1.82, 2.24) is 14.9 Å². The molecule has 0 saturated heterocycles. The predicted octanol–water partition coefficient (Wildman–Crippen LogP) is 0.375. The highest BCUT2D eigenvalue weighted by Gasteiger charge is 2.17. The smallest absolute Gasteiger partial charge is 0.422 e. The van der Waals surface area contributed by atoms with E-state index in [1.165, 1.54) is 6.20 Å². The SMILES string of the molecule is CCOC(=O)NS(=O)(=O)Nc1[nH]ncc1CC. The molecular formula is C8H14N4O4S. The second-order valence-electron chi connectivity index (χ2n) is 3.05. The summed E-state index contributed by atoms with van der Waals surface area (Å²) in [7, 11) is -4.00. The number of hydrogen-bond donors (Lipinski definition) is 3. The van der Waals surface area contributed by atoms with E-state index in [-0.39, 0.29) is 12.4 Å². The van der Waals surface area contributed by atoms with Crippen molar-refractivity contribution in [1.29, 1.82) is 0 Å². The Balaban J connectivity index is 2.70. The van der Waals surface area contributed by atoms with Gasteiger partial charge in [0.1, 0.15) is 5.82 Å². The first-order chi connectivity index (χ1) is 7.98. The van der Waals surface area contributed by atoms with Crippen LogP contribution in [0, 0.1) is 0 Å². The van der Waals surface area contributed by atoms with E-state index >= 15 is 0 Å². The monoisotopic (exact) mass is 262 g/mol. The van der Waals surface area contributed by atoms with Crippen molar-refractivity contribution < 1.29 is 17.9 Å². The van der Waals surface area contributed by atoms with Gasteiger partial charge in [-0.05, 0) is 13.3 Å². The summed E-state index contributed by atoms with van der Waals surface area (Å²) in [6, 6.07) is 0. The van der Waals surface area contributed by atoms with Crippen LogP contribution in [-0.4, -0.2) is 31.3 Å². The number of rotatable bonds is 5. The van der Waals surface area contributed by atoms with Crippen molar-refractivity contribution in [2.75, 3.05) is 11.3 Å². The van der Waals surface area contributed by atoms with Gasteiger partial charge >= 0.3 is 16.3 Å². The van der Waals surface area contributed by atoms with Crippen LogP contribution in [0.25, 0.3) is 0 Å². The molecule has 0 aliphatic carbocycles. The molecule has 0 unspecified atom stereocenters. The van der Waals surface area contributed by atoms with Crippen LogP contribution in [0.1, 0.15) is 19.4 Å². The zero-order chi connectivity index (χ0) is 12.9. The molecule has 8 nitrogen and oxygen atoms in total. The van der Waals surface area contributed by atoms with E-state index in [0.29, 0.717) is 12.0 Å². The highest BCUT2D eigenvalue weighted by molar-refractivity contribution is 7.91. The molecule has 0 radical (unpaired) electrons. The molecule has 96 valence electrons. The van der Waals surface area contributed by atoms with Gasteiger partial charge in [-0.15, -0.1) is 0 Å². The van der Waals surface area contributed by atoms with E-state index in [2.05, 4.69) is 19.7 Å². The molecule has 1 heterocycles. The Morgan fingerprint density at radius 2 is 2.24 bits per heavy atom. The van der Waals surface area contributed by atoms with Gasteiger partial charge in [-0.1, -0.05) is 6.92 Å². The molecule has 0 fully saturated rings. The average Bonchev–Trinajstić information content (AvgIpc) is 2.63. The van der Waals surface area contributed by atoms with Gasteiger partial charge < -0.3 is 4.74 Å². The molecule has 0 saturated carbocycles. The Kier molecular flexibility index (Phi) is 4.32. The van der Waals surface area contributed by atoms with Crippen LogP contribution >= 0.6 is 0 Å². The van der Waals surface area contributed by atoms with Crippen LogP contribution in [0.4, 0.5) is 10.6 Å². The quantitative estimate of drug-likeness (QED) is 0.709. The van der Waals surface area contributed by atoms with Crippen molar-refractivity contribution in [3.63, 3.8) is 0 Å². The number of anilines is 1. The van der Waals surface area contributed by atoms with E-state index in [9.17, 15) is 13.2 Å². The lowest BCUT2D eigenvalue weighted by Gasteiger charge is -2.08.